The fourth-order valence-corrected chi connectivity index (χ4v) is 4.41. The summed E-state index contributed by atoms with van der Waals surface area (Å²) in [7, 11) is 0. The molecule has 1 atom stereocenters. The molecule has 2 saturated heterocycles. The summed E-state index contributed by atoms with van der Waals surface area (Å²) in [5.41, 5.74) is 0.709. The summed E-state index contributed by atoms with van der Waals surface area (Å²) in [6, 6.07) is 4.66. The van der Waals surface area contributed by atoms with Crippen LogP contribution in [0.15, 0.2) is 12.1 Å². The zero-order valence-electron chi connectivity index (χ0n) is 15.8. The third-order valence-corrected chi connectivity index (χ3v) is 6.29. The van der Waals surface area contributed by atoms with Crippen LogP contribution in [0.2, 0.25) is 0 Å². The average molecular weight is 388 g/mol. The molecule has 0 radical (unpaired) electrons. The van der Waals surface area contributed by atoms with E-state index >= 15 is 0 Å². The molecule has 144 valence electrons. The van der Waals surface area contributed by atoms with E-state index in [1.165, 1.54) is 30.8 Å². The molecule has 0 N–H and O–H groups in total. The van der Waals surface area contributed by atoms with Gasteiger partial charge in [-0.3, -0.25) is 4.79 Å². The van der Waals surface area contributed by atoms with Crippen LogP contribution in [0.3, 0.4) is 0 Å². The molecule has 0 bridgehead atoms. The van der Waals surface area contributed by atoms with Crippen molar-refractivity contribution in [2.24, 2.45) is 0 Å². The fraction of sp³-hybridized carbons (Fsp3) is 0.611. The number of piperidine rings is 1. The van der Waals surface area contributed by atoms with Crippen molar-refractivity contribution in [1.82, 2.24) is 24.7 Å². The molecule has 1 unspecified atom stereocenters. The first-order chi connectivity index (χ1) is 13.1. The Balaban J connectivity index is 1.37. The van der Waals surface area contributed by atoms with Crippen LogP contribution in [-0.2, 0) is 0 Å². The maximum absolute atomic E-state index is 12.6. The van der Waals surface area contributed by atoms with E-state index in [1.807, 2.05) is 11.8 Å². The topological polar surface area (TPSA) is 78.4 Å². The number of piperazine rings is 1. The van der Waals surface area contributed by atoms with Gasteiger partial charge in [-0.2, -0.15) is 0 Å². The summed E-state index contributed by atoms with van der Waals surface area (Å²) in [5, 5.41) is 12.9. The minimum absolute atomic E-state index is 0.0302. The van der Waals surface area contributed by atoms with E-state index in [0.29, 0.717) is 29.7 Å². The van der Waals surface area contributed by atoms with Crippen molar-refractivity contribution in [3.63, 3.8) is 0 Å². The van der Waals surface area contributed by atoms with Crippen molar-refractivity contribution >= 4 is 29.1 Å². The SMILES string of the molecule is Cc1nnsc1C(=O)N1CCN(c2ccc(N3CCCCC3C)nn2)CC1. The number of carbonyl (C=O) groups excluding carboxylic acids is 1. The van der Waals surface area contributed by atoms with Gasteiger partial charge < -0.3 is 14.7 Å². The highest BCUT2D eigenvalue weighted by Gasteiger charge is 2.26. The molecule has 2 aliphatic rings. The first-order valence-electron chi connectivity index (χ1n) is 9.57. The lowest BCUT2D eigenvalue weighted by Gasteiger charge is -2.36. The molecule has 9 heteroatoms. The fourth-order valence-electron chi connectivity index (χ4n) is 3.79. The zero-order valence-corrected chi connectivity index (χ0v) is 16.7. The number of rotatable bonds is 3. The molecular formula is C18H25N7OS. The highest BCUT2D eigenvalue weighted by molar-refractivity contribution is 7.07. The molecule has 4 heterocycles. The van der Waals surface area contributed by atoms with Gasteiger partial charge in [0.05, 0.1) is 5.69 Å². The van der Waals surface area contributed by atoms with Gasteiger partial charge in [-0.15, -0.1) is 15.3 Å². The van der Waals surface area contributed by atoms with Gasteiger partial charge in [0.1, 0.15) is 4.88 Å². The molecule has 0 aromatic carbocycles. The van der Waals surface area contributed by atoms with Gasteiger partial charge >= 0.3 is 0 Å². The molecule has 1 amide bonds. The van der Waals surface area contributed by atoms with Crippen LogP contribution in [0.4, 0.5) is 11.6 Å². The molecule has 2 aromatic rings. The van der Waals surface area contributed by atoms with E-state index in [1.54, 1.807) is 0 Å². The normalized spacial score (nSPS) is 20.8. The number of carbonyl (C=O) groups is 1. The molecular weight excluding hydrogens is 362 g/mol. The second-order valence-corrected chi connectivity index (χ2v) is 8.01. The Hall–Kier alpha value is -2.29. The van der Waals surface area contributed by atoms with Crippen LogP contribution in [0.25, 0.3) is 0 Å². The second-order valence-electron chi connectivity index (χ2n) is 7.25. The lowest BCUT2D eigenvalue weighted by atomic mass is 10.0. The minimum atomic E-state index is 0.0302. The Labute approximate surface area is 163 Å². The lowest BCUT2D eigenvalue weighted by molar-refractivity contribution is 0.0750. The van der Waals surface area contributed by atoms with Gasteiger partial charge in [0.25, 0.3) is 5.91 Å². The van der Waals surface area contributed by atoms with Crippen molar-refractivity contribution in [2.75, 3.05) is 42.5 Å². The summed E-state index contributed by atoms with van der Waals surface area (Å²) in [5.74, 6) is 1.88. The Bertz CT molecular complexity index is 785. The summed E-state index contributed by atoms with van der Waals surface area (Å²) >= 11 is 1.17. The molecule has 4 rings (SSSR count). The third-order valence-electron chi connectivity index (χ3n) is 5.47. The van der Waals surface area contributed by atoms with E-state index in [4.69, 9.17) is 0 Å². The maximum Gasteiger partial charge on any atom is 0.267 e. The first kappa shape index (κ1) is 18.1. The molecule has 2 aliphatic heterocycles. The van der Waals surface area contributed by atoms with Gasteiger partial charge in [0, 0.05) is 38.8 Å². The minimum Gasteiger partial charge on any atom is -0.352 e. The molecule has 27 heavy (non-hydrogen) atoms. The number of hydrogen-bond donors (Lipinski definition) is 0. The number of amides is 1. The van der Waals surface area contributed by atoms with E-state index in [-0.39, 0.29) is 5.91 Å². The van der Waals surface area contributed by atoms with Gasteiger partial charge in [0.2, 0.25) is 0 Å². The van der Waals surface area contributed by atoms with Crippen LogP contribution in [-0.4, -0.2) is 69.4 Å². The van der Waals surface area contributed by atoms with Crippen molar-refractivity contribution < 1.29 is 4.79 Å². The standard InChI is InChI=1S/C18H25N7OS/c1-13-5-3-4-8-25(13)16-7-6-15(20-21-16)23-9-11-24(12-10-23)18(26)17-14(2)19-22-27-17/h6-7,13H,3-5,8-12H2,1-2H3. The smallest absolute Gasteiger partial charge is 0.267 e. The van der Waals surface area contributed by atoms with E-state index in [9.17, 15) is 4.79 Å². The van der Waals surface area contributed by atoms with Crippen LogP contribution in [0, 0.1) is 6.92 Å². The second kappa shape index (κ2) is 7.75. The van der Waals surface area contributed by atoms with Crippen molar-refractivity contribution in [3.05, 3.63) is 22.7 Å². The Morgan fingerprint density at radius 1 is 1.04 bits per heavy atom. The highest BCUT2D eigenvalue weighted by atomic mass is 32.1. The summed E-state index contributed by atoms with van der Waals surface area (Å²) in [4.78, 5) is 19.6. The van der Waals surface area contributed by atoms with Crippen LogP contribution in [0.1, 0.15) is 41.6 Å². The quantitative estimate of drug-likeness (QED) is 0.797. The van der Waals surface area contributed by atoms with Crippen LogP contribution < -0.4 is 9.80 Å². The van der Waals surface area contributed by atoms with Crippen molar-refractivity contribution in [3.8, 4) is 0 Å². The molecule has 0 spiro atoms. The first-order valence-corrected chi connectivity index (χ1v) is 10.3. The Morgan fingerprint density at radius 2 is 1.78 bits per heavy atom. The van der Waals surface area contributed by atoms with Gasteiger partial charge in [0.15, 0.2) is 11.6 Å². The largest absolute Gasteiger partial charge is 0.352 e. The van der Waals surface area contributed by atoms with Crippen molar-refractivity contribution in [2.45, 2.75) is 39.2 Å². The lowest BCUT2D eigenvalue weighted by Crippen LogP contribution is -2.49. The third kappa shape index (κ3) is 3.73. The molecule has 0 saturated carbocycles. The molecule has 2 fully saturated rings. The number of nitrogens with zero attached hydrogens (tertiary/aromatic N) is 7. The van der Waals surface area contributed by atoms with E-state index in [0.717, 1.165) is 31.3 Å². The zero-order chi connectivity index (χ0) is 18.8. The maximum atomic E-state index is 12.6. The summed E-state index contributed by atoms with van der Waals surface area (Å²) < 4.78 is 3.86. The van der Waals surface area contributed by atoms with Gasteiger partial charge in [-0.1, -0.05) is 4.49 Å². The van der Waals surface area contributed by atoms with Crippen LogP contribution >= 0.6 is 11.5 Å². The van der Waals surface area contributed by atoms with Gasteiger partial charge in [-0.05, 0) is 56.8 Å². The van der Waals surface area contributed by atoms with Crippen molar-refractivity contribution in [1.29, 1.82) is 0 Å². The summed E-state index contributed by atoms with van der Waals surface area (Å²) in [6.07, 6.45) is 3.73. The monoisotopic (exact) mass is 387 g/mol. The average Bonchev–Trinajstić information content (AvgIpc) is 3.14. The number of anilines is 2. The number of aryl methyl sites for hydroxylation is 1. The van der Waals surface area contributed by atoms with Crippen LogP contribution in [0.5, 0.6) is 0 Å². The van der Waals surface area contributed by atoms with E-state index in [2.05, 4.69) is 48.6 Å². The number of aromatic nitrogens is 4. The highest BCUT2D eigenvalue weighted by Crippen LogP contribution is 2.24. The predicted octanol–water partition coefficient (Wildman–Crippen LogP) is 1.98. The van der Waals surface area contributed by atoms with E-state index < -0.39 is 0 Å². The Morgan fingerprint density at radius 3 is 2.41 bits per heavy atom. The van der Waals surface area contributed by atoms with Gasteiger partial charge in [-0.25, -0.2) is 0 Å². The molecule has 8 nitrogen and oxygen atoms in total. The molecule has 2 aromatic heterocycles. The summed E-state index contributed by atoms with van der Waals surface area (Å²) in [6.45, 7) is 7.99. The molecule has 0 aliphatic carbocycles. The predicted molar refractivity (Wildman–Crippen MR) is 105 cm³/mol. The Kier molecular flexibility index (Phi) is 5.20. The number of hydrogen-bond acceptors (Lipinski definition) is 8.